The third kappa shape index (κ3) is 4.37. The molecule has 0 saturated heterocycles. The van der Waals surface area contributed by atoms with Gasteiger partial charge in [0.2, 0.25) is 5.95 Å². The van der Waals surface area contributed by atoms with Crippen molar-refractivity contribution in [3.05, 3.63) is 12.3 Å². The molecule has 92 valence electrons. The third-order valence-corrected chi connectivity index (χ3v) is 3.48. The first-order valence-corrected chi connectivity index (χ1v) is 6.91. The first kappa shape index (κ1) is 12.4. The molecule has 1 aromatic heterocycles. The van der Waals surface area contributed by atoms with E-state index >= 15 is 0 Å². The van der Waals surface area contributed by atoms with Gasteiger partial charge in [-0.15, -0.1) is 0 Å². The maximum absolute atomic E-state index is 4.42. The minimum Gasteiger partial charge on any atom is -0.352 e. The largest absolute Gasteiger partial charge is 0.352 e. The Hall–Kier alpha value is -1.06. The molecule has 0 bridgehead atoms. The normalized spacial score (nSPS) is 19.1. The van der Waals surface area contributed by atoms with E-state index in [9.17, 15) is 0 Å². The van der Waals surface area contributed by atoms with Crippen molar-refractivity contribution >= 4 is 19.4 Å². The molecule has 1 fully saturated rings. The molecule has 1 saturated carbocycles. The van der Waals surface area contributed by atoms with Crippen LogP contribution in [-0.2, 0) is 0 Å². The number of hydrogen-bond donors (Lipinski definition) is 1. The fourth-order valence-electron chi connectivity index (χ4n) is 2.48. The molecule has 0 radical (unpaired) electrons. The second-order valence-corrected chi connectivity index (χ2v) is 5.06. The van der Waals surface area contributed by atoms with Gasteiger partial charge in [0, 0.05) is 17.8 Å². The lowest BCUT2D eigenvalue weighted by molar-refractivity contribution is 0.560. The predicted molar refractivity (Wildman–Crippen MR) is 74.6 cm³/mol. The summed E-state index contributed by atoms with van der Waals surface area (Å²) < 4.78 is 0. The molecule has 0 amide bonds. The summed E-state index contributed by atoms with van der Waals surface area (Å²) in [6, 6.07) is 2.50. The van der Waals surface area contributed by atoms with E-state index in [0.29, 0.717) is 6.04 Å². The van der Waals surface area contributed by atoms with Crippen LogP contribution in [-0.4, -0.2) is 23.9 Å². The first-order valence-electron chi connectivity index (χ1n) is 6.91. The Bertz CT molecular complexity index is 333. The molecule has 1 heterocycles. The highest BCUT2D eigenvalue weighted by Crippen LogP contribution is 2.18. The van der Waals surface area contributed by atoms with Crippen molar-refractivity contribution in [3.8, 4) is 0 Å². The molecule has 0 aliphatic heterocycles. The van der Waals surface area contributed by atoms with Gasteiger partial charge >= 0.3 is 0 Å². The molecule has 17 heavy (non-hydrogen) atoms. The Kier molecular flexibility index (Phi) is 4.83. The minimum absolute atomic E-state index is 0.565. The van der Waals surface area contributed by atoms with Crippen LogP contribution in [0.4, 0.5) is 5.95 Å². The molecule has 1 aliphatic carbocycles. The van der Waals surface area contributed by atoms with Gasteiger partial charge in [-0.3, -0.25) is 0 Å². The van der Waals surface area contributed by atoms with Crippen LogP contribution in [0.15, 0.2) is 12.3 Å². The number of nitrogens with zero attached hydrogens (tertiary/aromatic N) is 2. The van der Waals surface area contributed by atoms with Gasteiger partial charge in [-0.25, -0.2) is 9.97 Å². The van der Waals surface area contributed by atoms with Crippen molar-refractivity contribution in [2.75, 3.05) is 5.32 Å². The molecule has 4 heteroatoms. The molecule has 0 unspecified atom stereocenters. The number of rotatable bonds is 2. The summed E-state index contributed by atoms with van der Waals surface area (Å²) in [6.45, 7) is 0. The molecule has 0 spiro atoms. The molecular weight excluding hydrogens is 209 g/mol. The zero-order chi connectivity index (χ0) is 11.9. The Morgan fingerprint density at radius 1 is 1.06 bits per heavy atom. The zero-order valence-corrected chi connectivity index (χ0v) is 10.8. The molecule has 1 aromatic rings. The second-order valence-electron chi connectivity index (χ2n) is 5.06. The number of aromatic nitrogens is 2. The van der Waals surface area contributed by atoms with E-state index in [1.54, 1.807) is 0 Å². The Morgan fingerprint density at radius 3 is 2.35 bits per heavy atom. The number of anilines is 1. The summed E-state index contributed by atoms with van der Waals surface area (Å²) in [7, 11) is 2.01. The van der Waals surface area contributed by atoms with Gasteiger partial charge in [-0.1, -0.05) is 38.5 Å². The van der Waals surface area contributed by atoms with Crippen molar-refractivity contribution in [2.45, 2.75) is 57.4 Å². The minimum atomic E-state index is 0.565. The number of hydrogen-bond acceptors (Lipinski definition) is 3. The molecule has 1 N–H and O–H groups in total. The average Bonchev–Trinajstić information content (AvgIpc) is 2.43. The lowest BCUT2D eigenvalue weighted by atomic mass is 10.0. The van der Waals surface area contributed by atoms with Crippen molar-refractivity contribution in [2.24, 2.45) is 0 Å². The van der Waals surface area contributed by atoms with Gasteiger partial charge in [0.15, 0.2) is 7.85 Å². The molecule has 1 aliphatic rings. The van der Waals surface area contributed by atoms with E-state index < -0.39 is 0 Å². The van der Waals surface area contributed by atoms with Crippen LogP contribution in [0.5, 0.6) is 0 Å². The third-order valence-electron chi connectivity index (χ3n) is 3.48. The molecule has 0 aromatic carbocycles. The van der Waals surface area contributed by atoms with E-state index in [1.165, 1.54) is 51.4 Å². The monoisotopic (exact) mass is 231 g/mol. The average molecular weight is 231 g/mol. The van der Waals surface area contributed by atoms with E-state index in [0.717, 1.165) is 11.5 Å². The van der Waals surface area contributed by atoms with Gasteiger partial charge in [-0.05, 0) is 18.9 Å². The molecule has 3 nitrogen and oxygen atoms in total. The summed E-state index contributed by atoms with van der Waals surface area (Å²) in [5.41, 5.74) is 1.03. The zero-order valence-electron chi connectivity index (χ0n) is 10.8. The van der Waals surface area contributed by atoms with Crippen molar-refractivity contribution < 1.29 is 0 Å². The van der Waals surface area contributed by atoms with Crippen molar-refractivity contribution in [3.63, 3.8) is 0 Å². The van der Waals surface area contributed by atoms with Gasteiger partial charge < -0.3 is 5.32 Å². The second kappa shape index (κ2) is 6.62. The van der Waals surface area contributed by atoms with Crippen LogP contribution < -0.4 is 10.9 Å². The molecular formula is C13H22BN3. The van der Waals surface area contributed by atoms with Gasteiger partial charge in [-0.2, -0.15) is 0 Å². The fourth-order valence-corrected chi connectivity index (χ4v) is 2.48. The van der Waals surface area contributed by atoms with Crippen molar-refractivity contribution in [1.82, 2.24) is 9.97 Å². The first-order chi connectivity index (χ1) is 8.34. The van der Waals surface area contributed by atoms with E-state index in [1.807, 2.05) is 20.1 Å². The summed E-state index contributed by atoms with van der Waals surface area (Å²) >= 11 is 0. The summed E-state index contributed by atoms with van der Waals surface area (Å²) in [5, 5.41) is 3.50. The molecule has 0 atom stereocenters. The Morgan fingerprint density at radius 2 is 1.71 bits per heavy atom. The lowest BCUT2D eigenvalue weighted by Gasteiger charge is -2.17. The van der Waals surface area contributed by atoms with Crippen molar-refractivity contribution in [1.29, 1.82) is 0 Å². The van der Waals surface area contributed by atoms with Crippen LogP contribution in [0.3, 0.4) is 0 Å². The van der Waals surface area contributed by atoms with Crippen LogP contribution >= 0.6 is 0 Å². The van der Waals surface area contributed by atoms with E-state index in [-0.39, 0.29) is 0 Å². The van der Waals surface area contributed by atoms with E-state index in [2.05, 4.69) is 15.3 Å². The smallest absolute Gasteiger partial charge is 0.222 e. The summed E-state index contributed by atoms with van der Waals surface area (Å²) in [4.78, 5) is 8.71. The molecule has 2 rings (SSSR count). The fraction of sp³-hybridized carbons (Fsp3) is 0.692. The maximum Gasteiger partial charge on any atom is 0.222 e. The summed E-state index contributed by atoms with van der Waals surface area (Å²) in [5.74, 6) is 0.800. The predicted octanol–water partition coefficient (Wildman–Crippen LogP) is 1.65. The summed E-state index contributed by atoms with van der Waals surface area (Å²) in [6.07, 6.45) is 12.6. The lowest BCUT2D eigenvalue weighted by Crippen LogP contribution is -2.23. The highest BCUT2D eigenvalue weighted by molar-refractivity contribution is 6.30. The highest BCUT2D eigenvalue weighted by atomic mass is 15.1. The highest BCUT2D eigenvalue weighted by Gasteiger charge is 2.11. The number of nitrogens with one attached hydrogen (secondary N) is 1. The standard InChI is InChI=1S/C13H22BN3/c14-12-9-10-15-13(17-12)16-11-7-5-3-1-2-4-6-8-11/h9-11H,1-8,14H2,(H,15,16,17). The van der Waals surface area contributed by atoms with Gasteiger partial charge in [0.05, 0.1) is 0 Å². The maximum atomic E-state index is 4.42. The van der Waals surface area contributed by atoms with Gasteiger partial charge in [0.1, 0.15) is 0 Å². The SMILES string of the molecule is Bc1ccnc(NC2CCCCCCCC2)n1. The quantitative estimate of drug-likeness (QED) is 0.786. The van der Waals surface area contributed by atoms with Gasteiger partial charge in [0.25, 0.3) is 0 Å². The van der Waals surface area contributed by atoms with E-state index in [4.69, 9.17) is 0 Å². The topological polar surface area (TPSA) is 37.8 Å². The Balaban J connectivity index is 1.91. The Labute approximate surface area is 105 Å². The van der Waals surface area contributed by atoms with Crippen LogP contribution in [0.2, 0.25) is 0 Å². The van der Waals surface area contributed by atoms with Crippen LogP contribution in [0.25, 0.3) is 0 Å². The van der Waals surface area contributed by atoms with Crippen LogP contribution in [0, 0.1) is 0 Å². The van der Waals surface area contributed by atoms with Crippen LogP contribution in [0.1, 0.15) is 51.4 Å².